The van der Waals surface area contributed by atoms with Gasteiger partial charge in [-0.3, -0.25) is 4.79 Å². The number of anilines is 1. The minimum Gasteiger partial charge on any atom is -0.382 e. The molecule has 0 atom stereocenters. The second-order valence-electron chi connectivity index (χ2n) is 3.52. The first-order chi connectivity index (χ1) is 8.77. The number of amides is 1. The van der Waals surface area contributed by atoms with E-state index in [2.05, 4.69) is 15.6 Å². The summed E-state index contributed by atoms with van der Waals surface area (Å²) in [6, 6.07) is 5.25. The molecule has 0 fully saturated rings. The van der Waals surface area contributed by atoms with Crippen molar-refractivity contribution in [1.82, 2.24) is 10.3 Å². The number of ether oxygens (including phenoxy) is 2. The van der Waals surface area contributed by atoms with Gasteiger partial charge in [0.1, 0.15) is 11.5 Å². The van der Waals surface area contributed by atoms with Gasteiger partial charge in [0.05, 0.1) is 19.8 Å². The van der Waals surface area contributed by atoms with Crippen molar-refractivity contribution in [3.05, 3.63) is 23.9 Å². The molecule has 1 aromatic heterocycles. The predicted molar refractivity (Wildman–Crippen MR) is 68.8 cm³/mol. The van der Waals surface area contributed by atoms with E-state index in [0.29, 0.717) is 37.9 Å². The number of methoxy groups -OCH3 is 1. The Morgan fingerprint density at radius 1 is 1.33 bits per heavy atom. The lowest BCUT2D eigenvalue weighted by Gasteiger charge is -2.06. The van der Waals surface area contributed by atoms with E-state index in [4.69, 9.17) is 9.47 Å². The highest BCUT2D eigenvalue weighted by atomic mass is 16.5. The largest absolute Gasteiger partial charge is 0.382 e. The van der Waals surface area contributed by atoms with Gasteiger partial charge in [0.25, 0.3) is 5.91 Å². The summed E-state index contributed by atoms with van der Waals surface area (Å²) < 4.78 is 10.1. The minimum atomic E-state index is -0.206. The summed E-state index contributed by atoms with van der Waals surface area (Å²) in [5, 5.41) is 5.62. The molecule has 0 aliphatic rings. The summed E-state index contributed by atoms with van der Waals surface area (Å²) in [6.07, 6.45) is 0. The number of nitrogens with one attached hydrogen (secondary N) is 2. The van der Waals surface area contributed by atoms with Gasteiger partial charge in [-0.05, 0) is 12.1 Å². The van der Waals surface area contributed by atoms with Crippen LogP contribution in [0.2, 0.25) is 0 Å². The molecule has 0 spiro atoms. The summed E-state index contributed by atoms with van der Waals surface area (Å²) in [5.41, 5.74) is 0.388. The zero-order valence-electron chi connectivity index (χ0n) is 10.7. The number of hydrogen-bond acceptors (Lipinski definition) is 5. The molecule has 6 heteroatoms. The van der Waals surface area contributed by atoms with Crippen molar-refractivity contribution in [1.29, 1.82) is 0 Å². The van der Waals surface area contributed by atoms with E-state index in [9.17, 15) is 4.79 Å². The molecular formula is C12H19N3O3. The summed E-state index contributed by atoms with van der Waals surface area (Å²) in [4.78, 5) is 15.9. The van der Waals surface area contributed by atoms with Crippen LogP contribution in [0.15, 0.2) is 18.2 Å². The fraction of sp³-hybridized carbons (Fsp3) is 0.500. The van der Waals surface area contributed by atoms with Crippen LogP contribution in [-0.4, -0.2) is 51.4 Å². The molecule has 0 bridgehead atoms. The molecule has 0 aromatic carbocycles. The number of rotatable bonds is 8. The molecule has 6 nitrogen and oxygen atoms in total. The number of carbonyl (C=O) groups excluding carboxylic acids is 1. The molecule has 1 aromatic rings. The maximum Gasteiger partial charge on any atom is 0.270 e. The van der Waals surface area contributed by atoms with Gasteiger partial charge in [0.2, 0.25) is 0 Å². The minimum absolute atomic E-state index is 0.206. The van der Waals surface area contributed by atoms with E-state index in [0.717, 1.165) is 0 Å². The van der Waals surface area contributed by atoms with E-state index in [1.165, 1.54) is 0 Å². The van der Waals surface area contributed by atoms with E-state index in [1.54, 1.807) is 32.4 Å². The van der Waals surface area contributed by atoms with Crippen molar-refractivity contribution in [3.8, 4) is 0 Å². The van der Waals surface area contributed by atoms with Crippen molar-refractivity contribution >= 4 is 11.7 Å². The summed E-state index contributed by atoms with van der Waals surface area (Å²) >= 11 is 0. The lowest BCUT2D eigenvalue weighted by atomic mass is 10.3. The molecule has 1 rings (SSSR count). The number of aromatic nitrogens is 1. The molecule has 0 saturated carbocycles. The van der Waals surface area contributed by atoms with Crippen LogP contribution < -0.4 is 10.6 Å². The van der Waals surface area contributed by atoms with Gasteiger partial charge >= 0.3 is 0 Å². The summed E-state index contributed by atoms with van der Waals surface area (Å²) in [5.74, 6) is 0.460. The molecule has 1 heterocycles. The standard InChI is InChI=1S/C12H19N3O3/c1-13-11-5-3-4-10(15-11)12(16)14-6-7-18-9-8-17-2/h3-5H,6-9H2,1-2H3,(H,13,15)(H,14,16). The Hall–Kier alpha value is -1.66. The van der Waals surface area contributed by atoms with Crippen LogP contribution in [0.25, 0.3) is 0 Å². The molecular weight excluding hydrogens is 234 g/mol. The van der Waals surface area contributed by atoms with Crippen molar-refractivity contribution in [3.63, 3.8) is 0 Å². The van der Waals surface area contributed by atoms with Crippen LogP contribution in [0.3, 0.4) is 0 Å². The highest BCUT2D eigenvalue weighted by molar-refractivity contribution is 5.92. The third kappa shape index (κ3) is 5.11. The van der Waals surface area contributed by atoms with Crippen LogP contribution in [-0.2, 0) is 9.47 Å². The maximum absolute atomic E-state index is 11.7. The first-order valence-corrected chi connectivity index (χ1v) is 5.77. The molecule has 0 saturated heterocycles. The topological polar surface area (TPSA) is 72.5 Å². The monoisotopic (exact) mass is 253 g/mol. The Morgan fingerprint density at radius 2 is 2.17 bits per heavy atom. The molecule has 2 N–H and O–H groups in total. The van der Waals surface area contributed by atoms with E-state index >= 15 is 0 Å². The lowest BCUT2D eigenvalue weighted by molar-refractivity contribution is 0.0692. The normalized spacial score (nSPS) is 10.1. The van der Waals surface area contributed by atoms with Gasteiger partial charge < -0.3 is 20.1 Å². The fourth-order valence-electron chi connectivity index (χ4n) is 1.27. The summed E-state index contributed by atoms with van der Waals surface area (Å²) in [7, 11) is 3.37. The molecule has 0 aliphatic carbocycles. The van der Waals surface area contributed by atoms with Crippen molar-refractivity contribution in [2.45, 2.75) is 0 Å². The van der Waals surface area contributed by atoms with Crippen LogP contribution in [0.4, 0.5) is 5.82 Å². The van der Waals surface area contributed by atoms with E-state index in [1.807, 2.05) is 0 Å². The highest BCUT2D eigenvalue weighted by Gasteiger charge is 2.06. The second-order valence-corrected chi connectivity index (χ2v) is 3.52. The zero-order chi connectivity index (χ0) is 13.2. The maximum atomic E-state index is 11.7. The number of pyridine rings is 1. The van der Waals surface area contributed by atoms with Crippen LogP contribution in [0, 0.1) is 0 Å². The molecule has 0 unspecified atom stereocenters. The molecule has 100 valence electrons. The average molecular weight is 253 g/mol. The average Bonchev–Trinajstić information content (AvgIpc) is 2.42. The van der Waals surface area contributed by atoms with Crippen molar-refractivity contribution in [2.75, 3.05) is 45.8 Å². The summed E-state index contributed by atoms with van der Waals surface area (Å²) in [6.45, 7) is 1.99. The van der Waals surface area contributed by atoms with Gasteiger partial charge in [-0.15, -0.1) is 0 Å². The highest BCUT2D eigenvalue weighted by Crippen LogP contribution is 2.03. The zero-order valence-corrected chi connectivity index (χ0v) is 10.7. The van der Waals surface area contributed by atoms with E-state index in [-0.39, 0.29) is 5.91 Å². The molecule has 1 amide bonds. The van der Waals surface area contributed by atoms with Crippen molar-refractivity contribution in [2.24, 2.45) is 0 Å². The van der Waals surface area contributed by atoms with Gasteiger partial charge in [-0.25, -0.2) is 4.98 Å². The van der Waals surface area contributed by atoms with Gasteiger partial charge in [0, 0.05) is 20.7 Å². The Kier molecular flexibility index (Phi) is 6.75. The van der Waals surface area contributed by atoms with Gasteiger partial charge in [-0.2, -0.15) is 0 Å². The molecule has 18 heavy (non-hydrogen) atoms. The molecule has 0 radical (unpaired) electrons. The third-order valence-corrected chi connectivity index (χ3v) is 2.20. The Bertz CT molecular complexity index is 371. The Labute approximate surface area is 107 Å². The first-order valence-electron chi connectivity index (χ1n) is 5.77. The number of nitrogens with zero attached hydrogens (tertiary/aromatic N) is 1. The third-order valence-electron chi connectivity index (χ3n) is 2.20. The predicted octanol–water partition coefficient (Wildman–Crippen LogP) is 0.516. The first kappa shape index (κ1) is 14.4. The molecule has 0 aliphatic heterocycles. The van der Waals surface area contributed by atoms with E-state index < -0.39 is 0 Å². The number of hydrogen-bond donors (Lipinski definition) is 2. The van der Waals surface area contributed by atoms with Gasteiger partial charge in [0.15, 0.2) is 0 Å². The Balaban J connectivity index is 2.27. The van der Waals surface area contributed by atoms with Crippen molar-refractivity contribution < 1.29 is 14.3 Å². The quantitative estimate of drug-likeness (QED) is 0.661. The van der Waals surface area contributed by atoms with Crippen LogP contribution in [0.1, 0.15) is 10.5 Å². The Morgan fingerprint density at radius 3 is 2.89 bits per heavy atom. The smallest absolute Gasteiger partial charge is 0.270 e. The van der Waals surface area contributed by atoms with Gasteiger partial charge in [-0.1, -0.05) is 6.07 Å². The fourth-order valence-corrected chi connectivity index (χ4v) is 1.27. The lowest BCUT2D eigenvalue weighted by Crippen LogP contribution is -2.28. The second kappa shape index (κ2) is 8.43. The number of carbonyl (C=O) groups is 1. The van der Waals surface area contributed by atoms with Crippen LogP contribution in [0.5, 0.6) is 0 Å². The SMILES string of the molecule is CNc1cccc(C(=O)NCCOCCOC)n1. The van der Waals surface area contributed by atoms with Crippen LogP contribution >= 0.6 is 0 Å².